The van der Waals surface area contributed by atoms with Crippen LogP contribution in [0.1, 0.15) is 26.2 Å². The lowest BCUT2D eigenvalue weighted by Crippen LogP contribution is -2.27. The molecule has 0 aliphatic heterocycles. The van der Waals surface area contributed by atoms with Crippen LogP contribution in [0.5, 0.6) is 0 Å². The zero-order valence-electron chi connectivity index (χ0n) is 8.03. The van der Waals surface area contributed by atoms with E-state index in [1.807, 2.05) is 6.08 Å². The molecule has 2 heteroatoms. The zero-order valence-corrected chi connectivity index (χ0v) is 8.03. The van der Waals surface area contributed by atoms with Gasteiger partial charge in [0.15, 0.2) is 0 Å². The molecule has 2 aliphatic rings. The Hall–Kier alpha value is -0.790. The molecule has 0 aromatic carbocycles. The first-order valence-corrected chi connectivity index (χ1v) is 5.00. The smallest absolute Gasteiger partial charge is 0.302 e. The molecule has 2 bridgehead atoms. The van der Waals surface area contributed by atoms with Crippen molar-refractivity contribution >= 4 is 5.97 Å². The Morgan fingerprint density at radius 1 is 1.46 bits per heavy atom. The maximum absolute atomic E-state index is 10.8. The van der Waals surface area contributed by atoms with Crippen molar-refractivity contribution in [2.24, 2.45) is 17.8 Å². The number of rotatable bonds is 2. The molecule has 13 heavy (non-hydrogen) atoms. The lowest BCUT2D eigenvalue weighted by molar-refractivity contribution is -0.149. The van der Waals surface area contributed by atoms with Gasteiger partial charge in [0.2, 0.25) is 0 Å². The molecular formula is C11H16O2. The van der Waals surface area contributed by atoms with Gasteiger partial charge in [-0.2, -0.15) is 0 Å². The summed E-state index contributed by atoms with van der Waals surface area (Å²) < 4.78 is 5.29. The number of carbonyl (C=O) groups is 1. The molecule has 0 unspecified atom stereocenters. The second-order valence-electron chi connectivity index (χ2n) is 4.28. The predicted molar refractivity (Wildman–Crippen MR) is 50.1 cm³/mol. The minimum Gasteiger partial charge on any atom is -0.462 e. The van der Waals surface area contributed by atoms with E-state index in [0.29, 0.717) is 11.8 Å². The van der Waals surface area contributed by atoms with E-state index < -0.39 is 0 Å². The standard InChI is InChI=1S/C11H16O2/c1-3-9-4-8-5-10(9)11(6-8)13-7(2)12/h3,8-11H,1,4-6H2,2H3/t8-,9-,10-,11+/m0/s1. The summed E-state index contributed by atoms with van der Waals surface area (Å²) in [4.78, 5) is 10.8. The molecule has 72 valence electrons. The fourth-order valence-electron chi connectivity index (χ4n) is 2.96. The van der Waals surface area contributed by atoms with Crippen molar-refractivity contribution in [1.29, 1.82) is 0 Å². The van der Waals surface area contributed by atoms with Gasteiger partial charge in [0.25, 0.3) is 0 Å². The van der Waals surface area contributed by atoms with Gasteiger partial charge in [-0.3, -0.25) is 4.79 Å². The lowest BCUT2D eigenvalue weighted by Gasteiger charge is -2.26. The largest absolute Gasteiger partial charge is 0.462 e. The number of allylic oxidation sites excluding steroid dienone is 1. The third kappa shape index (κ3) is 1.50. The third-order valence-corrected chi connectivity index (χ3v) is 3.42. The van der Waals surface area contributed by atoms with Crippen LogP contribution in [0.25, 0.3) is 0 Å². The number of fused-ring (bicyclic) bond motifs is 2. The van der Waals surface area contributed by atoms with Gasteiger partial charge in [-0.1, -0.05) is 6.08 Å². The quantitative estimate of drug-likeness (QED) is 0.481. The molecule has 4 atom stereocenters. The maximum Gasteiger partial charge on any atom is 0.302 e. The van der Waals surface area contributed by atoms with E-state index >= 15 is 0 Å². The highest BCUT2D eigenvalue weighted by molar-refractivity contribution is 5.66. The second kappa shape index (κ2) is 3.17. The van der Waals surface area contributed by atoms with Crippen LogP contribution in [0.2, 0.25) is 0 Å². The summed E-state index contributed by atoms with van der Waals surface area (Å²) >= 11 is 0. The second-order valence-corrected chi connectivity index (χ2v) is 4.28. The first-order valence-electron chi connectivity index (χ1n) is 5.00. The van der Waals surface area contributed by atoms with Crippen molar-refractivity contribution in [2.45, 2.75) is 32.3 Å². The third-order valence-electron chi connectivity index (χ3n) is 3.42. The first-order chi connectivity index (χ1) is 6.20. The van der Waals surface area contributed by atoms with E-state index in [1.165, 1.54) is 19.8 Å². The molecular weight excluding hydrogens is 164 g/mol. The summed E-state index contributed by atoms with van der Waals surface area (Å²) in [5, 5.41) is 0. The minimum atomic E-state index is -0.139. The van der Waals surface area contributed by atoms with Crippen LogP contribution in [0.4, 0.5) is 0 Å². The fraction of sp³-hybridized carbons (Fsp3) is 0.727. The van der Waals surface area contributed by atoms with Crippen molar-refractivity contribution in [3.63, 3.8) is 0 Å². The highest BCUT2D eigenvalue weighted by Gasteiger charge is 2.46. The Kier molecular flexibility index (Phi) is 2.14. The van der Waals surface area contributed by atoms with E-state index in [1.54, 1.807) is 0 Å². The van der Waals surface area contributed by atoms with Crippen LogP contribution in [-0.4, -0.2) is 12.1 Å². The van der Waals surface area contributed by atoms with Crippen molar-refractivity contribution in [3.05, 3.63) is 12.7 Å². The van der Waals surface area contributed by atoms with Crippen LogP contribution in [0, 0.1) is 17.8 Å². The van der Waals surface area contributed by atoms with Gasteiger partial charge in [0, 0.05) is 12.8 Å². The topological polar surface area (TPSA) is 26.3 Å². The summed E-state index contributed by atoms with van der Waals surface area (Å²) in [5.74, 6) is 1.78. The van der Waals surface area contributed by atoms with Crippen molar-refractivity contribution in [1.82, 2.24) is 0 Å². The molecule has 0 aromatic heterocycles. The minimum absolute atomic E-state index is 0.139. The van der Waals surface area contributed by atoms with Gasteiger partial charge in [-0.25, -0.2) is 0 Å². The van der Waals surface area contributed by atoms with Gasteiger partial charge in [-0.05, 0) is 31.1 Å². The Bertz CT molecular complexity index is 234. The maximum atomic E-state index is 10.8. The lowest BCUT2D eigenvalue weighted by atomic mass is 9.87. The molecule has 0 heterocycles. The Labute approximate surface area is 79.0 Å². The van der Waals surface area contributed by atoms with Gasteiger partial charge in [0.05, 0.1) is 0 Å². The summed E-state index contributed by atoms with van der Waals surface area (Å²) in [6, 6.07) is 0. The Balaban J connectivity index is 2.01. The van der Waals surface area contributed by atoms with Gasteiger partial charge < -0.3 is 4.74 Å². The van der Waals surface area contributed by atoms with E-state index in [-0.39, 0.29) is 12.1 Å². The molecule has 0 aromatic rings. The Morgan fingerprint density at radius 3 is 2.77 bits per heavy atom. The molecule has 2 aliphatic carbocycles. The molecule has 2 rings (SSSR count). The highest BCUT2D eigenvalue weighted by atomic mass is 16.5. The summed E-state index contributed by atoms with van der Waals surface area (Å²) in [7, 11) is 0. The number of hydrogen-bond donors (Lipinski definition) is 0. The molecule has 0 amide bonds. The average Bonchev–Trinajstić information content (AvgIpc) is 2.60. The van der Waals surface area contributed by atoms with Crippen LogP contribution in [0.15, 0.2) is 12.7 Å². The Morgan fingerprint density at radius 2 is 2.23 bits per heavy atom. The van der Waals surface area contributed by atoms with Gasteiger partial charge in [0.1, 0.15) is 6.10 Å². The number of esters is 1. The molecule has 2 fully saturated rings. The zero-order chi connectivity index (χ0) is 9.42. The first kappa shape index (κ1) is 8.79. The molecule has 0 spiro atoms. The van der Waals surface area contributed by atoms with Crippen LogP contribution >= 0.6 is 0 Å². The summed E-state index contributed by atoms with van der Waals surface area (Å²) in [6.45, 7) is 5.33. The molecule has 2 saturated carbocycles. The number of ether oxygens (including phenoxy) is 1. The number of carbonyl (C=O) groups excluding carboxylic acids is 1. The van der Waals surface area contributed by atoms with E-state index in [4.69, 9.17) is 4.74 Å². The molecule has 0 N–H and O–H groups in total. The van der Waals surface area contributed by atoms with E-state index in [2.05, 4.69) is 6.58 Å². The summed E-state index contributed by atoms with van der Waals surface area (Å²) in [5.41, 5.74) is 0. The normalized spacial score (nSPS) is 41.9. The van der Waals surface area contributed by atoms with Crippen LogP contribution in [-0.2, 0) is 9.53 Å². The van der Waals surface area contributed by atoms with Crippen molar-refractivity contribution in [2.75, 3.05) is 0 Å². The molecule has 0 radical (unpaired) electrons. The highest BCUT2D eigenvalue weighted by Crippen LogP contribution is 2.50. The monoisotopic (exact) mass is 180 g/mol. The summed E-state index contributed by atoms with van der Waals surface area (Å²) in [6.07, 6.45) is 5.77. The van der Waals surface area contributed by atoms with Crippen LogP contribution in [0.3, 0.4) is 0 Å². The number of hydrogen-bond acceptors (Lipinski definition) is 2. The van der Waals surface area contributed by atoms with E-state index in [0.717, 1.165) is 12.3 Å². The SMILES string of the molecule is C=C[C@H]1C[C@H]2C[C@@H]1[C@H](OC(C)=O)C2. The van der Waals surface area contributed by atoms with Gasteiger partial charge >= 0.3 is 5.97 Å². The molecule has 0 saturated heterocycles. The van der Waals surface area contributed by atoms with Crippen LogP contribution < -0.4 is 0 Å². The van der Waals surface area contributed by atoms with Crippen molar-refractivity contribution < 1.29 is 9.53 Å². The predicted octanol–water partition coefficient (Wildman–Crippen LogP) is 2.15. The van der Waals surface area contributed by atoms with Crippen molar-refractivity contribution in [3.8, 4) is 0 Å². The average molecular weight is 180 g/mol. The molecule has 2 nitrogen and oxygen atoms in total. The van der Waals surface area contributed by atoms with Gasteiger partial charge in [-0.15, -0.1) is 6.58 Å². The fourth-order valence-corrected chi connectivity index (χ4v) is 2.96. The van der Waals surface area contributed by atoms with E-state index in [9.17, 15) is 4.79 Å².